The normalized spacial score (nSPS) is 28.2. The highest BCUT2D eigenvalue weighted by atomic mass is 32.2. The SMILES string of the molecule is O=S(=O)(NCCCCCCOCCO)N[C@H]1OC[C@@H](O)[C@@H](O)[C@@H]1O. The lowest BCUT2D eigenvalue weighted by Gasteiger charge is -2.35. The smallest absolute Gasteiger partial charge is 0.279 e. The van der Waals surface area contributed by atoms with Crippen LogP contribution in [0.25, 0.3) is 0 Å². The molecule has 0 aromatic rings. The van der Waals surface area contributed by atoms with Crippen molar-refractivity contribution in [3.8, 4) is 0 Å². The molecule has 0 spiro atoms. The van der Waals surface area contributed by atoms with E-state index in [1.54, 1.807) is 0 Å². The molecule has 11 heteroatoms. The molecule has 0 amide bonds. The number of hydrogen-bond acceptors (Lipinski definition) is 8. The second-order valence-corrected chi connectivity index (χ2v) is 7.10. The summed E-state index contributed by atoms with van der Waals surface area (Å²) >= 11 is 0. The average Bonchev–Trinajstić information content (AvgIpc) is 2.54. The summed E-state index contributed by atoms with van der Waals surface area (Å²) < 4.78 is 38.2. The van der Waals surface area contributed by atoms with Gasteiger partial charge in [0, 0.05) is 13.2 Å². The van der Waals surface area contributed by atoms with E-state index in [4.69, 9.17) is 14.6 Å². The summed E-state index contributed by atoms with van der Waals surface area (Å²) in [6, 6.07) is 0. The third-order valence-electron chi connectivity index (χ3n) is 3.52. The first-order valence-electron chi connectivity index (χ1n) is 7.98. The van der Waals surface area contributed by atoms with Crippen molar-refractivity contribution < 1.29 is 38.3 Å². The van der Waals surface area contributed by atoms with Gasteiger partial charge in [-0.05, 0) is 12.8 Å². The van der Waals surface area contributed by atoms with Crippen LogP contribution in [0.1, 0.15) is 25.7 Å². The van der Waals surface area contributed by atoms with E-state index >= 15 is 0 Å². The Bertz CT molecular complexity index is 436. The predicted molar refractivity (Wildman–Crippen MR) is 84.2 cm³/mol. The van der Waals surface area contributed by atoms with Crippen LogP contribution in [0.3, 0.4) is 0 Å². The number of aliphatic hydroxyl groups is 4. The van der Waals surface area contributed by atoms with Gasteiger partial charge in [0.1, 0.15) is 18.3 Å². The fourth-order valence-corrected chi connectivity index (χ4v) is 3.17. The van der Waals surface area contributed by atoms with Crippen LogP contribution >= 0.6 is 0 Å². The first-order chi connectivity index (χ1) is 11.4. The van der Waals surface area contributed by atoms with Crippen molar-refractivity contribution in [2.75, 3.05) is 33.0 Å². The Morgan fingerprint density at radius 1 is 1.04 bits per heavy atom. The van der Waals surface area contributed by atoms with Gasteiger partial charge in [0.2, 0.25) is 0 Å². The average molecular weight is 372 g/mol. The number of nitrogens with one attached hydrogen (secondary N) is 2. The van der Waals surface area contributed by atoms with Crippen LogP contribution in [0.2, 0.25) is 0 Å². The molecular weight excluding hydrogens is 344 g/mol. The Kier molecular flexibility index (Phi) is 10.2. The van der Waals surface area contributed by atoms with E-state index in [0.29, 0.717) is 19.6 Å². The second kappa shape index (κ2) is 11.3. The Hall–Kier alpha value is -0.370. The molecule has 1 fully saturated rings. The molecular formula is C13H28N2O8S. The molecule has 0 aromatic carbocycles. The molecule has 1 aliphatic rings. The zero-order chi connectivity index (χ0) is 18.0. The quantitative estimate of drug-likeness (QED) is 0.204. The highest BCUT2D eigenvalue weighted by molar-refractivity contribution is 7.87. The van der Waals surface area contributed by atoms with E-state index in [9.17, 15) is 23.7 Å². The molecule has 1 aliphatic heterocycles. The van der Waals surface area contributed by atoms with E-state index in [-0.39, 0.29) is 19.8 Å². The van der Waals surface area contributed by atoms with Gasteiger partial charge in [0.15, 0.2) is 6.23 Å². The molecule has 0 radical (unpaired) electrons. The number of hydrogen-bond donors (Lipinski definition) is 6. The Balaban J connectivity index is 2.16. The molecule has 6 N–H and O–H groups in total. The molecule has 1 rings (SSSR count). The minimum absolute atomic E-state index is 0.00414. The molecule has 0 bridgehead atoms. The Morgan fingerprint density at radius 2 is 1.75 bits per heavy atom. The van der Waals surface area contributed by atoms with E-state index in [1.165, 1.54) is 0 Å². The van der Waals surface area contributed by atoms with E-state index in [2.05, 4.69) is 9.44 Å². The molecule has 24 heavy (non-hydrogen) atoms. The third kappa shape index (κ3) is 8.14. The van der Waals surface area contributed by atoms with Crippen molar-refractivity contribution >= 4 is 10.2 Å². The Labute approximate surface area is 142 Å². The lowest BCUT2D eigenvalue weighted by atomic mass is 10.1. The van der Waals surface area contributed by atoms with Gasteiger partial charge >= 0.3 is 0 Å². The van der Waals surface area contributed by atoms with Gasteiger partial charge in [-0.1, -0.05) is 12.8 Å². The molecule has 0 saturated carbocycles. The highest BCUT2D eigenvalue weighted by Gasteiger charge is 2.39. The summed E-state index contributed by atoms with van der Waals surface area (Å²) in [4.78, 5) is 0. The minimum atomic E-state index is -3.89. The lowest BCUT2D eigenvalue weighted by Crippen LogP contribution is -2.60. The fraction of sp³-hybridized carbons (Fsp3) is 1.00. The number of rotatable bonds is 12. The second-order valence-electron chi connectivity index (χ2n) is 5.57. The van der Waals surface area contributed by atoms with Gasteiger partial charge < -0.3 is 29.9 Å². The largest absolute Gasteiger partial charge is 0.394 e. The number of unbranched alkanes of at least 4 members (excludes halogenated alkanes) is 3. The molecule has 1 heterocycles. The molecule has 0 unspecified atom stereocenters. The zero-order valence-corrected chi connectivity index (χ0v) is 14.3. The van der Waals surface area contributed by atoms with Crippen LogP contribution in [-0.4, -0.2) is 86.4 Å². The maximum atomic E-state index is 11.8. The first kappa shape index (κ1) is 21.7. The molecule has 144 valence electrons. The van der Waals surface area contributed by atoms with Gasteiger partial charge in [-0.15, -0.1) is 0 Å². The van der Waals surface area contributed by atoms with Crippen LogP contribution in [0, 0.1) is 0 Å². The maximum absolute atomic E-state index is 11.8. The maximum Gasteiger partial charge on any atom is 0.279 e. The monoisotopic (exact) mass is 372 g/mol. The zero-order valence-electron chi connectivity index (χ0n) is 13.5. The molecule has 1 saturated heterocycles. The van der Waals surface area contributed by atoms with Crippen LogP contribution in [0.15, 0.2) is 0 Å². The van der Waals surface area contributed by atoms with Gasteiger partial charge in [-0.25, -0.2) is 4.72 Å². The predicted octanol–water partition coefficient (Wildman–Crippen LogP) is -2.58. The summed E-state index contributed by atoms with van der Waals surface area (Å²) in [6.07, 6.45) is -2.42. The van der Waals surface area contributed by atoms with Crippen LogP contribution < -0.4 is 9.44 Å². The van der Waals surface area contributed by atoms with Crippen molar-refractivity contribution in [3.05, 3.63) is 0 Å². The van der Waals surface area contributed by atoms with Crippen LogP contribution in [0.4, 0.5) is 0 Å². The lowest BCUT2D eigenvalue weighted by molar-refractivity contribution is -0.189. The third-order valence-corrected chi connectivity index (χ3v) is 4.64. The summed E-state index contributed by atoms with van der Waals surface area (Å²) in [5, 5.41) is 37.0. The summed E-state index contributed by atoms with van der Waals surface area (Å²) in [6.45, 7) is 0.847. The molecule has 4 atom stereocenters. The van der Waals surface area contributed by atoms with E-state index < -0.39 is 34.7 Å². The van der Waals surface area contributed by atoms with E-state index in [1.807, 2.05) is 0 Å². The highest BCUT2D eigenvalue weighted by Crippen LogP contribution is 2.14. The van der Waals surface area contributed by atoms with Gasteiger partial charge in [0.05, 0.1) is 19.8 Å². The summed E-state index contributed by atoms with van der Waals surface area (Å²) in [7, 11) is -3.89. The van der Waals surface area contributed by atoms with Crippen molar-refractivity contribution in [1.82, 2.24) is 9.44 Å². The number of aliphatic hydroxyl groups excluding tert-OH is 4. The van der Waals surface area contributed by atoms with Crippen molar-refractivity contribution in [3.63, 3.8) is 0 Å². The topological polar surface area (TPSA) is 158 Å². The van der Waals surface area contributed by atoms with Gasteiger partial charge in [-0.2, -0.15) is 13.1 Å². The minimum Gasteiger partial charge on any atom is -0.394 e. The molecule has 0 aromatic heterocycles. The number of ether oxygens (including phenoxy) is 2. The van der Waals surface area contributed by atoms with Crippen LogP contribution in [-0.2, 0) is 19.7 Å². The standard InChI is InChI=1S/C13H28N2O8S/c16-6-8-22-7-4-2-1-3-5-14-24(20,21)15-13-12(19)11(18)10(17)9-23-13/h10-19H,1-9H2/t10-,11-,12+,13+/m1/s1. The summed E-state index contributed by atoms with van der Waals surface area (Å²) in [5.41, 5.74) is 0. The fourth-order valence-electron chi connectivity index (χ4n) is 2.16. The van der Waals surface area contributed by atoms with Crippen molar-refractivity contribution in [2.45, 2.75) is 50.2 Å². The van der Waals surface area contributed by atoms with Crippen LogP contribution in [0.5, 0.6) is 0 Å². The Morgan fingerprint density at radius 3 is 2.46 bits per heavy atom. The summed E-state index contributed by atoms with van der Waals surface area (Å²) in [5.74, 6) is 0. The van der Waals surface area contributed by atoms with Gasteiger partial charge in [-0.3, -0.25) is 0 Å². The van der Waals surface area contributed by atoms with Crippen molar-refractivity contribution in [2.24, 2.45) is 0 Å². The molecule has 10 nitrogen and oxygen atoms in total. The van der Waals surface area contributed by atoms with Gasteiger partial charge in [0.25, 0.3) is 10.2 Å². The van der Waals surface area contributed by atoms with Crippen molar-refractivity contribution in [1.29, 1.82) is 0 Å². The molecule has 0 aliphatic carbocycles. The first-order valence-corrected chi connectivity index (χ1v) is 9.47. The van der Waals surface area contributed by atoms with E-state index in [0.717, 1.165) is 19.3 Å².